The zero-order chi connectivity index (χ0) is 13.1. The molecule has 1 aromatic carbocycles. The van der Waals surface area contributed by atoms with Crippen LogP contribution in [0.2, 0.25) is 0 Å². The van der Waals surface area contributed by atoms with Crippen molar-refractivity contribution in [3.05, 3.63) is 35.7 Å². The van der Waals surface area contributed by atoms with Gasteiger partial charge in [-0.1, -0.05) is 25.1 Å². The summed E-state index contributed by atoms with van der Waals surface area (Å²) in [5.74, 6) is 1.80. The summed E-state index contributed by atoms with van der Waals surface area (Å²) in [6.07, 6.45) is 0.890. The minimum atomic E-state index is 0.161. The number of benzene rings is 1. The van der Waals surface area contributed by atoms with Crippen molar-refractivity contribution in [2.24, 2.45) is 0 Å². The Kier molecular flexibility index (Phi) is 3.41. The molecule has 0 radical (unpaired) electrons. The van der Waals surface area contributed by atoms with E-state index < -0.39 is 0 Å². The highest BCUT2D eigenvalue weighted by molar-refractivity contribution is 5.37. The first-order valence-electron chi connectivity index (χ1n) is 6.59. The van der Waals surface area contributed by atoms with Crippen molar-refractivity contribution >= 4 is 0 Å². The van der Waals surface area contributed by atoms with Gasteiger partial charge in [-0.2, -0.15) is 0 Å². The van der Waals surface area contributed by atoms with Crippen LogP contribution < -0.4 is 10.1 Å². The maximum atomic E-state index is 5.68. The molecule has 6 heteroatoms. The zero-order valence-electron chi connectivity index (χ0n) is 10.9. The Labute approximate surface area is 111 Å². The van der Waals surface area contributed by atoms with E-state index in [9.17, 15) is 0 Å². The van der Waals surface area contributed by atoms with Crippen molar-refractivity contribution < 1.29 is 4.74 Å². The van der Waals surface area contributed by atoms with Crippen molar-refractivity contribution in [1.82, 2.24) is 25.5 Å². The van der Waals surface area contributed by atoms with Crippen LogP contribution in [0.5, 0.6) is 5.75 Å². The molecule has 100 valence electrons. The van der Waals surface area contributed by atoms with Gasteiger partial charge in [0.15, 0.2) is 5.82 Å². The molecule has 1 aliphatic rings. The van der Waals surface area contributed by atoms with Crippen LogP contribution in [-0.2, 0) is 6.54 Å². The van der Waals surface area contributed by atoms with Crippen molar-refractivity contribution in [3.8, 4) is 5.75 Å². The first-order valence-corrected chi connectivity index (χ1v) is 6.59. The first kappa shape index (κ1) is 12.1. The van der Waals surface area contributed by atoms with Gasteiger partial charge in [-0.15, -0.1) is 5.10 Å². The zero-order valence-corrected chi connectivity index (χ0v) is 10.9. The molecule has 1 aromatic heterocycles. The maximum absolute atomic E-state index is 5.68. The average molecular weight is 259 g/mol. The summed E-state index contributed by atoms with van der Waals surface area (Å²) in [4.78, 5) is 0. The average Bonchev–Trinajstić information content (AvgIpc) is 2.92. The van der Waals surface area contributed by atoms with E-state index in [1.165, 1.54) is 0 Å². The number of nitrogens with zero attached hydrogens (tertiary/aromatic N) is 4. The number of ether oxygens (including phenoxy) is 1. The Morgan fingerprint density at radius 1 is 1.42 bits per heavy atom. The monoisotopic (exact) mass is 259 g/mol. The summed E-state index contributed by atoms with van der Waals surface area (Å²) >= 11 is 0. The van der Waals surface area contributed by atoms with E-state index in [1.54, 1.807) is 0 Å². The summed E-state index contributed by atoms with van der Waals surface area (Å²) in [6.45, 7) is 4.35. The third-order valence-corrected chi connectivity index (χ3v) is 3.32. The third kappa shape index (κ3) is 2.31. The minimum Gasteiger partial charge on any atom is -0.493 e. The van der Waals surface area contributed by atoms with Gasteiger partial charge in [-0.05, 0) is 23.0 Å². The molecule has 2 heterocycles. The maximum Gasteiger partial charge on any atom is 0.165 e. The van der Waals surface area contributed by atoms with E-state index in [2.05, 4.69) is 33.8 Å². The van der Waals surface area contributed by atoms with Gasteiger partial charge in [0.05, 0.1) is 19.2 Å². The molecule has 1 unspecified atom stereocenters. The predicted molar refractivity (Wildman–Crippen MR) is 69.9 cm³/mol. The molecule has 2 aromatic rings. The van der Waals surface area contributed by atoms with E-state index in [0.717, 1.165) is 30.1 Å². The number of tetrazole rings is 1. The quantitative estimate of drug-likeness (QED) is 0.892. The Bertz CT molecular complexity index is 553. The van der Waals surface area contributed by atoms with Gasteiger partial charge in [0, 0.05) is 12.0 Å². The van der Waals surface area contributed by atoms with Crippen LogP contribution in [0, 0.1) is 0 Å². The second-order valence-electron chi connectivity index (χ2n) is 4.51. The van der Waals surface area contributed by atoms with Crippen LogP contribution in [0.15, 0.2) is 24.3 Å². The third-order valence-electron chi connectivity index (χ3n) is 3.32. The summed E-state index contributed by atoms with van der Waals surface area (Å²) in [7, 11) is 0. The van der Waals surface area contributed by atoms with E-state index in [0.29, 0.717) is 13.2 Å². The molecule has 0 saturated carbocycles. The Balaban J connectivity index is 1.93. The lowest BCUT2D eigenvalue weighted by Gasteiger charge is -2.26. The number of rotatable bonds is 4. The van der Waals surface area contributed by atoms with E-state index >= 15 is 0 Å². The molecule has 1 atom stereocenters. The van der Waals surface area contributed by atoms with Crippen molar-refractivity contribution in [2.75, 3.05) is 13.2 Å². The molecule has 3 rings (SSSR count). The molecule has 0 fully saturated rings. The number of nitrogens with one attached hydrogen (secondary N) is 1. The van der Waals surface area contributed by atoms with Crippen LogP contribution >= 0.6 is 0 Å². The molecule has 19 heavy (non-hydrogen) atoms. The largest absolute Gasteiger partial charge is 0.493 e. The molecule has 0 spiro atoms. The number of fused-ring (bicyclic) bond motifs is 1. The lowest BCUT2D eigenvalue weighted by molar-refractivity contribution is 0.246. The smallest absolute Gasteiger partial charge is 0.165 e. The Morgan fingerprint density at radius 2 is 2.32 bits per heavy atom. The summed E-state index contributed by atoms with van der Waals surface area (Å²) < 4.78 is 7.58. The summed E-state index contributed by atoms with van der Waals surface area (Å²) in [5.41, 5.74) is 1.15. The minimum absolute atomic E-state index is 0.161. The van der Waals surface area contributed by atoms with Gasteiger partial charge >= 0.3 is 0 Å². The van der Waals surface area contributed by atoms with Crippen molar-refractivity contribution in [1.29, 1.82) is 0 Å². The second-order valence-corrected chi connectivity index (χ2v) is 4.51. The normalized spacial score (nSPS) is 17.8. The first-order chi connectivity index (χ1) is 9.40. The lowest BCUT2D eigenvalue weighted by Crippen LogP contribution is -2.25. The summed E-state index contributed by atoms with van der Waals surface area (Å²) in [5, 5.41) is 15.3. The van der Waals surface area contributed by atoms with E-state index in [1.807, 2.05) is 22.9 Å². The van der Waals surface area contributed by atoms with Crippen LogP contribution in [0.3, 0.4) is 0 Å². The van der Waals surface area contributed by atoms with E-state index in [-0.39, 0.29) is 6.04 Å². The molecular weight excluding hydrogens is 242 g/mol. The fourth-order valence-corrected chi connectivity index (χ4v) is 2.38. The van der Waals surface area contributed by atoms with Crippen LogP contribution in [0.25, 0.3) is 0 Å². The van der Waals surface area contributed by atoms with Gasteiger partial charge in [-0.25, -0.2) is 4.68 Å². The molecular formula is C13H17N5O. The second kappa shape index (κ2) is 5.36. The van der Waals surface area contributed by atoms with Gasteiger partial charge in [-0.3, -0.25) is 0 Å². The number of aromatic nitrogens is 4. The SMILES string of the molecule is CCNCc1nnnn1C1CCOc2ccccc21. The molecule has 1 N–H and O–H groups in total. The van der Waals surface area contributed by atoms with Crippen molar-refractivity contribution in [2.45, 2.75) is 25.9 Å². The highest BCUT2D eigenvalue weighted by Gasteiger charge is 2.25. The molecule has 1 aliphatic heterocycles. The lowest BCUT2D eigenvalue weighted by atomic mass is 10.0. The van der Waals surface area contributed by atoms with Crippen LogP contribution in [-0.4, -0.2) is 33.4 Å². The van der Waals surface area contributed by atoms with E-state index in [4.69, 9.17) is 4.74 Å². The highest BCUT2D eigenvalue weighted by atomic mass is 16.5. The Hall–Kier alpha value is -1.95. The van der Waals surface area contributed by atoms with Gasteiger partial charge < -0.3 is 10.1 Å². The number of hydrogen-bond donors (Lipinski definition) is 1. The summed E-state index contributed by atoms with van der Waals surface area (Å²) in [6, 6.07) is 8.25. The molecule has 0 aliphatic carbocycles. The predicted octanol–water partition coefficient (Wildman–Crippen LogP) is 1.15. The fraction of sp³-hybridized carbons (Fsp3) is 0.462. The number of para-hydroxylation sites is 1. The molecule has 0 bridgehead atoms. The van der Waals surface area contributed by atoms with Gasteiger partial charge in [0.2, 0.25) is 0 Å². The standard InChI is InChI=1S/C13H17N5O/c1-2-14-9-13-15-16-17-18(13)11-7-8-19-12-6-4-3-5-10(11)12/h3-6,11,14H,2,7-9H2,1H3. The van der Waals surface area contributed by atoms with Crippen molar-refractivity contribution in [3.63, 3.8) is 0 Å². The molecule has 6 nitrogen and oxygen atoms in total. The number of hydrogen-bond acceptors (Lipinski definition) is 5. The van der Waals surface area contributed by atoms with Crippen LogP contribution in [0.4, 0.5) is 0 Å². The van der Waals surface area contributed by atoms with Gasteiger partial charge in [0.1, 0.15) is 5.75 Å². The fourth-order valence-electron chi connectivity index (χ4n) is 2.38. The highest BCUT2D eigenvalue weighted by Crippen LogP contribution is 2.34. The Morgan fingerprint density at radius 3 is 3.21 bits per heavy atom. The molecule has 0 saturated heterocycles. The van der Waals surface area contributed by atoms with Gasteiger partial charge in [0.25, 0.3) is 0 Å². The van der Waals surface area contributed by atoms with Crippen LogP contribution in [0.1, 0.15) is 30.8 Å². The molecule has 0 amide bonds. The topological polar surface area (TPSA) is 64.9 Å².